The van der Waals surface area contributed by atoms with Gasteiger partial charge in [0.2, 0.25) is 5.95 Å². The van der Waals surface area contributed by atoms with Crippen LogP contribution in [0, 0.1) is 0 Å². The van der Waals surface area contributed by atoms with Crippen LogP contribution in [0.2, 0.25) is 0 Å². The fourth-order valence-corrected chi connectivity index (χ4v) is 8.93. The van der Waals surface area contributed by atoms with Crippen LogP contribution in [0.1, 0.15) is 0 Å². The molecule has 49 heavy (non-hydrogen) atoms. The van der Waals surface area contributed by atoms with Crippen LogP contribution in [-0.4, -0.2) is 19.1 Å². The van der Waals surface area contributed by atoms with E-state index < -0.39 is 0 Å². The minimum Gasteiger partial charge on any atom is -0.309 e. The lowest BCUT2D eigenvalue weighted by Gasteiger charge is -2.12. The van der Waals surface area contributed by atoms with Crippen molar-refractivity contribution < 1.29 is 0 Å². The SMILES string of the molecule is c1ccc(-n2c3ccccc3c3c4c5ccccc5n(-c5nc(-c6ccc7sc8ccccc8c7c6)c6ccccc6n5)c4ccc32)cc1. The molecule has 11 aromatic rings. The maximum Gasteiger partial charge on any atom is 0.235 e. The zero-order valence-corrected chi connectivity index (χ0v) is 27.0. The molecular weight excluding hydrogens is 617 g/mol. The Bertz CT molecular complexity index is 3110. The quantitative estimate of drug-likeness (QED) is 0.192. The number of benzene rings is 7. The molecule has 0 saturated carbocycles. The van der Waals surface area contributed by atoms with Crippen LogP contribution in [-0.2, 0) is 0 Å². The molecule has 4 aromatic heterocycles. The lowest BCUT2D eigenvalue weighted by atomic mass is 10.0. The van der Waals surface area contributed by atoms with Crippen molar-refractivity contribution in [3.63, 3.8) is 0 Å². The normalized spacial score (nSPS) is 12.1. The van der Waals surface area contributed by atoms with E-state index in [2.05, 4.69) is 167 Å². The van der Waals surface area contributed by atoms with E-state index in [0.717, 1.165) is 38.9 Å². The zero-order chi connectivity index (χ0) is 32.1. The van der Waals surface area contributed by atoms with E-state index in [9.17, 15) is 0 Å². The highest BCUT2D eigenvalue weighted by molar-refractivity contribution is 7.25. The van der Waals surface area contributed by atoms with Crippen LogP contribution in [0.5, 0.6) is 0 Å². The van der Waals surface area contributed by atoms with Gasteiger partial charge in [0.05, 0.1) is 33.3 Å². The summed E-state index contributed by atoms with van der Waals surface area (Å²) in [5, 5.41) is 8.45. The molecule has 0 amide bonds. The molecule has 0 unspecified atom stereocenters. The van der Waals surface area contributed by atoms with Crippen LogP contribution >= 0.6 is 11.3 Å². The van der Waals surface area contributed by atoms with Gasteiger partial charge >= 0.3 is 0 Å². The van der Waals surface area contributed by atoms with Crippen molar-refractivity contribution in [2.24, 2.45) is 0 Å². The fraction of sp³-hybridized carbons (Fsp3) is 0. The van der Waals surface area contributed by atoms with E-state index in [-0.39, 0.29) is 0 Å². The Kier molecular flexibility index (Phi) is 5.51. The summed E-state index contributed by atoms with van der Waals surface area (Å²) >= 11 is 1.84. The largest absolute Gasteiger partial charge is 0.309 e. The Morgan fingerprint density at radius 3 is 1.78 bits per heavy atom. The summed E-state index contributed by atoms with van der Waals surface area (Å²) in [6.07, 6.45) is 0. The summed E-state index contributed by atoms with van der Waals surface area (Å²) in [7, 11) is 0. The first kappa shape index (κ1) is 26.7. The number of fused-ring (bicyclic) bond motifs is 11. The lowest BCUT2D eigenvalue weighted by Crippen LogP contribution is -2.03. The van der Waals surface area contributed by atoms with Crippen LogP contribution < -0.4 is 0 Å². The predicted molar refractivity (Wildman–Crippen MR) is 207 cm³/mol. The van der Waals surface area contributed by atoms with Gasteiger partial charge in [0, 0.05) is 58.4 Å². The highest BCUT2D eigenvalue weighted by Gasteiger charge is 2.22. The van der Waals surface area contributed by atoms with Crippen molar-refractivity contribution in [2.75, 3.05) is 0 Å². The topological polar surface area (TPSA) is 35.6 Å². The second-order valence-corrected chi connectivity index (χ2v) is 13.7. The molecule has 11 rings (SSSR count). The molecule has 0 atom stereocenters. The molecule has 7 aromatic carbocycles. The van der Waals surface area contributed by atoms with Gasteiger partial charge in [0.1, 0.15) is 0 Å². The third kappa shape index (κ3) is 3.79. The second-order valence-electron chi connectivity index (χ2n) is 12.6. The Labute approximate surface area is 284 Å². The van der Waals surface area contributed by atoms with Gasteiger partial charge in [-0.05, 0) is 60.7 Å². The Morgan fingerprint density at radius 2 is 1.00 bits per heavy atom. The number of hydrogen-bond acceptors (Lipinski definition) is 3. The molecule has 0 aliphatic carbocycles. The van der Waals surface area contributed by atoms with Gasteiger partial charge < -0.3 is 4.57 Å². The smallest absolute Gasteiger partial charge is 0.235 e. The van der Waals surface area contributed by atoms with E-state index in [1.165, 1.54) is 52.8 Å². The molecule has 0 N–H and O–H groups in total. The standard InChI is InChI=1S/C44H26N4S/c1-2-12-28(13-3-1)47-35-19-9-5-16-31(35)41-37(47)23-24-38-42(41)32-17-6-10-20-36(32)48(38)44-45-34-18-8-4-15-30(34)43(46-44)27-22-25-40-33(26-27)29-14-7-11-21-39(29)49-40/h1-26H. The first-order valence-electron chi connectivity index (χ1n) is 16.5. The summed E-state index contributed by atoms with van der Waals surface area (Å²) < 4.78 is 7.22. The Balaban J connectivity index is 1.24. The highest BCUT2D eigenvalue weighted by atomic mass is 32.1. The van der Waals surface area contributed by atoms with Gasteiger partial charge in [-0.3, -0.25) is 4.57 Å². The number of para-hydroxylation sites is 4. The van der Waals surface area contributed by atoms with Gasteiger partial charge in [0.15, 0.2) is 0 Å². The molecule has 5 heteroatoms. The first-order chi connectivity index (χ1) is 24.3. The molecular formula is C44H26N4S. The zero-order valence-electron chi connectivity index (χ0n) is 26.2. The maximum absolute atomic E-state index is 5.43. The van der Waals surface area contributed by atoms with Crippen LogP contribution in [0.3, 0.4) is 0 Å². The third-order valence-electron chi connectivity index (χ3n) is 9.93. The van der Waals surface area contributed by atoms with E-state index in [1.54, 1.807) is 0 Å². The van der Waals surface area contributed by atoms with Crippen LogP contribution in [0.25, 0.3) is 97.6 Å². The Hall–Kier alpha value is -6.30. The summed E-state index contributed by atoms with van der Waals surface area (Å²) in [6.45, 7) is 0. The van der Waals surface area contributed by atoms with Gasteiger partial charge in [-0.15, -0.1) is 11.3 Å². The number of hydrogen-bond donors (Lipinski definition) is 0. The van der Waals surface area contributed by atoms with Crippen LogP contribution in [0.15, 0.2) is 158 Å². The summed E-state index contributed by atoms with van der Waals surface area (Å²) in [5.41, 5.74) is 8.63. The van der Waals surface area contributed by atoms with E-state index in [1.807, 2.05) is 11.3 Å². The van der Waals surface area contributed by atoms with E-state index in [0.29, 0.717) is 5.95 Å². The number of nitrogens with zero attached hydrogens (tertiary/aromatic N) is 4. The van der Waals surface area contributed by atoms with Gasteiger partial charge in [-0.2, -0.15) is 0 Å². The second kappa shape index (κ2) is 10.1. The average molecular weight is 643 g/mol. The van der Waals surface area contributed by atoms with Crippen molar-refractivity contribution in [3.05, 3.63) is 158 Å². The summed E-state index contributed by atoms with van der Waals surface area (Å²) in [4.78, 5) is 10.7. The van der Waals surface area contributed by atoms with Crippen molar-refractivity contribution >= 4 is 86.0 Å². The lowest BCUT2D eigenvalue weighted by molar-refractivity contribution is 1.01. The van der Waals surface area contributed by atoms with Gasteiger partial charge in [-0.25, -0.2) is 9.97 Å². The summed E-state index contributed by atoms with van der Waals surface area (Å²) in [5.74, 6) is 0.668. The minimum absolute atomic E-state index is 0.668. The van der Waals surface area contributed by atoms with Crippen molar-refractivity contribution in [2.45, 2.75) is 0 Å². The van der Waals surface area contributed by atoms with E-state index >= 15 is 0 Å². The highest BCUT2D eigenvalue weighted by Crippen LogP contribution is 2.43. The van der Waals surface area contributed by atoms with Crippen LogP contribution in [0.4, 0.5) is 0 Å². The summed E-state index contributed by atoms with van der Waals surface area (Å²) in [6, 6.07) is 56.4. The average Bonchev–Trinajstić information content (AvgIpc) is 3.82. The van der Waals surface area contributed by atoms with Crippen molar-refractivity contribution in [1.82, 2.24) is 19.1 Å². The maximum atomic E-state index is 5.43. The number of thiophene rings is 1. The number of rotatable bonds is 3. The van der Waals surface area contributed by atoms with Gasteiger partial charge in [0.25, 0.3) is 0 Å². The molecule has 4 heterocycles. The van der Waals surface area contributed by atoms with Gasteiger partial charge in [-0.1, -0.05) is 97.1 Å². The van der Waals surface area contributed by atoms with Crippen molar-refractivity contribution in [1.29, 1.82) is 0 Å². The Morgan fingerprint density at radius 1 is 0.408 bits per heavy atom. The molecule has 0 aliphatic heterocycles. The molecule has 0 radical (unpaired) electrons. The number of aromatic nitrogens is 4. The predicted octanol–water partition coefficient (Wildman–Crippen LogP) is 11.9. The third-order valence-corrected chi connectivity index (χ3v) is 11.1. The molecule has 0 spiro atoms. The molecule has 0 saturated heterocycles. The molecule has 0 aliphatic rings. The minimum atomic E-state index is 0.668. The fourth-order valence-electron chi connectivity index (χ4n) is 7.85. The van der Waals surface area contributed by atoms with Crippen molar-refractivity contribution in [3.8, 4) is 22.9 Å². The molecule has 4 nitrogen and oxygen atoms in total. The molecule has 228 valence electrons. The molecule has 0 fully saturated rings. The monoisotopic (exact) mass is 642 g/mol. The molecule has 0 bridgehead atoms. The van der Waals surface area contributed by atoms with E-state index in [4.69, 9.17) is 9.97 Å². The first-order valence-corrected chi connectivity index (χ1v) is 17.3.